The lowest BCUT2D eigenvalue weighted by atomic mass is 9.92. The summed E-state index contributed by atoms with van der Waals surface area (Å²) in [6, 6.07) is 5.75. The molecule has 4 nitrogen and oxygen atoms in total. The van der Waals surface area contributed by atoms with Crippen LogP contribution in [0, 0.1) is 18.8 Å². The van der Waals surface area contributed by atoms with Crippen LogP contribution in [0.2, 0.25) is 0 Å². The predicted molar refractivity (Wildman–Crippen MR) is 88.9 cm³/mol. The Morgan fingerprint density at radius 3 is 2.64 bits per heavy atom. The van der Waals surface area contributed by atoms with Crippen molar-refractivity contribution in [3.05, 3.63) is 35.0 Å². The Morgan fingerprint density at radius 2 is 2.00 bits per heavy atom. The molecule has 0 spiro atoms. The largest absolute Gasteiger partial charge is 0.337 e. The Bertz CT molecular complexity index is 658. The van der Waals surface area contributed by atoms with Crippen LogP contribution in [0.4, 0.5) is 0 Å². The third kappa shape index (κ3) is 3.04. The number of pyridine rings is 1. The minimum atomic E-state index is 0.121. The molecule has 3 rings (SSSR count). The first kappa shape index (κ1) is 15.2. The highest BCUT2D eigenvalue weighted by atomic mass is 32.1. The van der Waals surface area contributed by atoms with Crippen LogP contribution in [-0.2, 0) is 0 Å². The molecule has 0 bridgehead atoms. The molecule has 116 valence electrons. The van der Waals surface area contributed by atoms with Gasteiger partial charge in [0.2, 0.25) is 0 Å². The number of thiazole rings is 1. The van der Waals surface area contributed by atoms with Crippen LogP contribution in [0.3, 0.4) is 0 Å². The van der Waals surface area contributed by atoms with Gasteiger partial charge in [-0.25, -0.2) is 4.98 Å². The van der Waals surface area contributed by atoms with Crippen LogP contribution >= 0.6 is 11.3 Å². The molecule has 3 heterocycles. The van der Waals surface area contributed by atoms with Crippen molar-refractivity contribution < 1.29 is 4.79 Å². The van der Waals surface area contributed by atoms with Crippen molar-refractivity contribution in [2.45, 2.75) is 27.2 Å². The van der Waals surface area contributed by atoms with Crippen molar-refractivity contribution >= 4 is 17.2 Å². The number of aryl methyl sites for hydroxylation is 1. The Kier molecular flexibility index (Phi) is 4.25. The molecular formula is C17H21N3OS. The fourth-order valence-electron chi connectivity index (χ4n) is 3.17. The molecule has 22 heavy (non-hydrogen) atoms. The number of piperidine rings is 1. The average Bonchev–Trinajstić information content (AvgIpc) is 2.88. The van der Waals surface area contributed by atoms with Crippen molar-refractivity contribution in [3.8, 4) is 10.7 Å². The van der Waals surface area contributed by atoms with Gasteiger partial charge in [-0.15, -0.1) is 11.3 Å². The molecule has 0 aromatic carbocycles. The van der Waals surface area contributed by atoms with Crippen molar-refractivity contribution in [2.24, 2.45) is 11.8 Å². The van der Waals surface area contributed by atoms with Gasteiger partial charge >= 0.3 is 0 Å². The zero-order valence-electron chi connectivity index (χ0n) is 13.2. The molecule has 5 heteroatoms. The van der Waals surface area contributed by atoms with Gasteiger partial charge in [0.1, 0.15) is 9.88 Å². The van der Waals surface area contributed by atoms with Crippen LogP contribution in [0.5, 0.6) is 0 Å². The lowest BCUT2D eigenvalue weighted by Gasteiger charge is -2.34. The van der Waals surface area contributed by atoms with Crippen LogP contribution in [0.15, 0.2) is 24.4 Å². The summed E-state index contributed by atoms with van der Waals surface area (Å²) in [7, 11) is 0. The second kappa shape index (κ2) is 6.16. The molecule has 1 aliphatic heterocycles. The number of nitrogens with zero attached hydrogens (tertiary/aromatic N) is 3. The van der Waals surface area contributed by atoms with Crippen LogP contribution in [0.25, 0.3) is 10.7 Å². The van der Waals surface area contributed by atoms with Gasteiger partial charge in [-0.1, -0.05) is 19.9 Å². The van der Waals surface area contributed by atoms with Crippen molar-refractivity contribution in [1.82, 2.24) is 14.9 Å². The first-order valence-corrected chi connectivity index (χ1v) is 8.54. The normalized spacial score (nSPS) is 21.9. The quantitative estimate of drug-likeness (QED) is 0.850. The molecule has 0 N–H and O–H groups in total. The van der Waals surface area contributed by atoms with Gasteiger partial charge in [0, 0.05) is 19.3 Å². The molecule has 0 saturated carbocycles. The van der Waals surface area contributed by atoms with Gasteiger partial charge < -0.3 is 4.90 Å². The van der Waals surface area contributed by atoms with E-state index in [1.165, 1.54) is 17.8 Å². The number of hydrogen-bond donors (Lipinski definition) is 0. The summed E-state index contributed by atoms with van der Waals surface area (Å²) in [6.45, 7) is 8.04. The molecule has 2 aromatic rings. The molecule has 1 amide bonds. The van der Waals surface area contributed by atoms with Gasteiger partial charge in [0.15, 0.2) is 0 Å². The number of likely N-dealkylation sites (tertiary alicyclic amines) is 1. The van der Waals surface area contributed by atoms with E-state index in [-0.39, 0.29) is 5.91 Å². The summed E-state index contributed by atoms with van der Waals surface area (Å²) in [4.78, 5) is 24.4. The topological polar surface area (TPSA) is 46.1 Å². The van der Waals surface area contributed by atoms with Gasteiger partial charge in [0.05, 0.1) is 11.4 Å². The molecule has 0 aliphatic carbocycles. The number of carbonyl (C=O) groups excluding carboxylic acids is 1. The molecule has 0 unspecified atom stereocenters. The fraction of sp³-hybridized carbons (Fsp3) is 0.471. The Balaban J connectivity index is 1.86. The standard InChI is InChI=1S/C17H21N3OS/c1-11-8-12(2)10-20(9-11)17(21)15-13(3)19-16(22-15)14-6-4-5-7-18-14/h4-7,11-12H,8-10H2,1-3H3/t11-,12+. The highest BCUT2D eigenvalue weighted by Gasteiger charge is 2.28. The third-order valence-corrected chi connectivity index (χ3v) is 5.20. The first-order chi connectivity index (χ1) is 10.5. The van der Waals surface area contributed by atoms with Crippen molar-refractivity contribution in [1.29, 1.82) is 0 Å². The van der Waals surface area contributed by atoms with E-state index >= 15 is 0 Å². The third-order valence-electron chi connectivity index (χ3n) is 4.03. The van der Waals surface area contributed by atoms with E-state index in [0.29, 0.717) is 11.8 Å². The second-order valence-electron chi connectivity index (χ2n) is 6.30. The monoisotopic (exact) mass is 315 g/mol. The van der Waals surface area contributed by atoms with Crippen LogP contribution in [-0.4, -0.2) is 33.9 Å². The molecule has 2 aromatic heterocycles. The fourth-order valence-corrected chi connectivity index (χ4v) is 4.18. The summed E-state index contributed by atoms with van der Waals surface area (Å²) in [5.41, 5.74) is 1.64. The predicted octanol–water partition coefficient (Wildman–Crippen LogP) is 3.63. The van der Waals surface area contributed by atoms with Gasteiger partial charge in [0.25, 0.3) is 5.91 Å². The summed E-state index contributed by atoms with van der Waals surface area (Å²) < 4.78 is 0. The summed E-state index contributed by atoms with van der Waals surface area (Å²) in [6.07, 6.45) is 2.95. The molecular weight excluding hydrogens is 294 g/mol. The summed E-state index contributed by atoms with van der Waals surface area (Å²) >= 11 is 1.45. The second-order valence-corrected chi connectivity index (χ2v) is 7.30. The van der Waals surface area contributed by atoms with Crippen molar-refractivity contribution in [2.75, 3.05) is 13.1 Å². The minimum absolute atomic E-state index is 0.121. The first-order valence-electron chi connectivity index (χ1n) is 7.72. The van der Waals surface area contributed by atoms with E-state index < -0.39 is 0 Å². The Morgan fingerprint density at radius 1 is 1.27 bits per heavy atom. The number of aromatic nitrogens is 2. The van der Waals surface area contributed by atoms with E-state index in [9.17, 15) is 4.79 Å². The summed E-state index contributed by atoms with van der Waals surface area (Å²) in [5.74, 6) is 1.25. The molecule has 0 radical (unpaired) electrons. The SMILES string of the molecule is Cc1nc(-c2ccccn2)sc1C(=O)N1C[C@H](C)C[C@H](C)C1. The van der Waals surface area contributed by atoms with Crippen LogP contribution < -0.4 is 0 Å². The van der Waals surface area contributed by atoms with Crippen molar-refractivity contribution in [3.63, 3.8) is 0 Å². The molecule has 1 saturated heterocycles. The van der Waals surface area contributed by atoms with E-state index in [4.69, 9.17) is 0 Å². The maximum atomic E-state index is 12.8. The molecule has 2 atom stereocenters. The maximum absolute atomic E-state index is 12.8. The van der Waals surface area contributed by atoms with Gasteiger partial charge in [-0.3, -0.25) is 9.78 Å². The number of amides is 1. The lowest BCUT2D eigenvalue weighted by Crippen LogP contribution is -2.42. The van der Waals surface area contributed by atoms with Gasteiger partial charge in [-0.2, -0.15) is 0 Å². The number of rotatable bonds is 2. The van der Waals surface area contributed by atoms with Gasteiger partial charge in [-0.05, 0) is 37.3 Å². The Hall–Kier alpha value is -1.75. The molecule has 1 aliphatic rings. The Labute approximate surface area is 135 Å². The summed E-state index contributed by atoms with van der Waals surface area (Å²) in [5, 5.41) is 0.819. The smallest absolute Gasteiger partial charge is 0.265 e. The van der Waals surface area contributed by atoms with E-state index in [1.807, 2.05) is 30.0 Å². The maximum Gasteiger partial charge on any atom is 0.265 e. The van der Waals surface area contributed by atoms with E-state index in [2.05, 4.69) is 23.8 Å². The van der Waals surface area contributed by atoms with Crippen LogP contribution in [0.1, 0.15) is 35.6 Å². The number of hydrogen-bond acceptors (Lipinski definition) is 4. The van der Waals surface area contributed by atoms with E-state index in [0.717, 1.165) is 34.4 Å². The molecule has 1 fully saturated rings. The average molecular weight is 315 g/mol. The number of carbonyl (C=O) groups is 1. The highest BCUT2D eigenvalue weighted by molar-refractivity contribution is 7.17. The van der Waals surface area contributed by atoms with E-state index in [1.54, 1.807) is 6.20 Å². The minimum Gasteiger partial charge on any atom is -0.337 e. The highest BCUT2D eigenvalue weighted by Crippen LogP contribution is 2.29. The zero-order valence-corrected chi connectivity index (χ0v) is 14.1. The zero-order chi connectivity index (χ0) is 15.7. The lowest BCUT2D eigenvalue weighted by molar-refractivity contribution is 0.0627.